The number of phenolic OH excluding ortho intramolecular Hbond substituents is 3. The molecule has 7 heteroatoms. The normalized spacial score (nSPS) is 11.1. The minimum absolute atomic E-state index is 0.0224. The van der Waals surface area contributed by atoms with Crippen molar-refractivity contribution in [3.8, 4) is 40.1 Å². The van der Waals surface area contributed by atoms with Gasteiger partial charge in [0.1, 0.15) is 22.5 Å². The highest BCUT2D eigenvalue weighted by molar-refractivity contribution is 5.93. The molecule has 30 heavy (non-hydrogen) atoms. The zero-order valence-corrected chi connectivity index (χ0v) is 17.5. The molecule has 0 saturated carbocycles. The van der Waals surface area contributed by atoms with E-state index in [-0.39, 0.29) is 46.3 Å². The number of ether oxygens (including phenoxy) is 2. The highest BCUT2D eigenvalue weighted by Crippen LogP contribution is 2.43. The minimum atomic E-state index is -0.423. The van der Waals surface area contributed by atoms with Crippen molar-refractivity contribution >= 4 is 11.0 Å². The number of aromatic hydroxyl groups is 3. The summed E-state index contributed by atoms with van der Waals surface area (Å²) in [7, 11) is 0. The highest BCUT2D eigenvalue weighted by Gasteiger charge is 2.27. The van der Waals surface area contributed by atoms with Gasteiger partial charge in [-0.15, -0.1) is 0 Å². The summed E-state index contributed by atoms with van der Waals surface area (Å²) in [5.41, 5.74) is 1.19. The number of fused-ring (bicyclic) bond motifs is 1. The molecule has 0 amide bonds. The van der Waals surface area contributed by atoms with E-state index in [9.17, 15) is 20.1 Å². The van der Waals surface area contributed by atoms with E-state index in [0.29, 0.717) is 41.9 Å². The molecule has 0 aliphatic rings. The van der Waals surface area contributed by atoms with Gasteiger partial charge in [0.25, 0.3) is 0 Å². The molecule has 3 N–H and O–H groups in total. The summed E-state index contributed by atoms with van der Waals surface area (Å²) < 4.78 is 17.5. The predicted molar refractivity (Wildman–Crippen MR) is 114 cm³/mol. The third-order valence-electron chi connectivity index (χ3n) is 4.94. The quantitative estimate of drug-likeness (QED) is 0.488. The molecule has 0 aliphatic heterocycles. The number of benzene rings is 2. The smallest absolute Gasteiger partial charge is 0.239 e. The van der Waals surface area contributed by atoms with Gasteiger partial charge in [0.15, 0.2) is 17.3 Å². The Bertz CT molecular complexity index is 1140. The number of aryl methyl sites for hydroxylation is 1. The number of rotatable bonds is 7. The lowest BCUT2D eigenvalue weighted by Gasteiger charge is -2.19. The molecule has 160 valence electrons. The predicted octanol–water partition coefficient (Wildman–Crippen LogP) is 4.50. The Morgan fingerprint density at radius 3 is 2.07 bits per heavy atom. The third-order valence-corrected chi connectivity index (χ3v) is 4.94. The van der Waals surface area contributed by atoms with E-state index >= 15 is 0 Å². The SMILES string of the molecule is CCOc1c(-c2ccc(O)c(O)c2)oc2c(CC)c(O)c(CC)c(OCC)c2c1=O. The van der Waals surface area contributed by atoms with Crippen LogP contribution in [0.25, 0.3) is 22.3 Å². The van der Waals surface area contributed by atoms with Crippen LogP contribution in [0, 0.1) is 0 Å². The first-order valence-electron chi connectivity index (χ1n) is 10.0. The van der Waals surface area contributed by atoms with Gasteiger partial charge in [0, 0.05) is 16.7 Å². The van der Waals surface area contributed by atoms with Gasteiger partial charge in [-0.25, -0.2) is 0 Å². The summed E-state index contributed by atoms with van der Waals surface area (Å²) in [4.78, 5) is 13.5. The van der Waals surface area contributed by atoms with E-state index in [1.54, 1.807) is 13.8 Å². The van der Waals surface area contributed by atoms with E-state index < -0.39 is 5.43 Å². The van der Waals surface area contributed by atoms with Crippen LogP contribution in [-0.4, -0.2) is 28.5 Å². The van der Waals surface area contributed by atoms with Crippen LogP contribution in [0.1, 0.15) is 38.8 Å². The number of hydrogen-bond donors (Lipinski definition) is 3. The van der Waals surface area contributed by atoms with Crippen LogP contribution >= 0.6 is 0 Å². The van der Waals surface area contributed by atoms with Crippen molar-refractivity contribution < 1.29 is 29.2 Å². The Kier molecular flexibility index (Phi) is 6.10. The summed E-state index contributed by atoms with van der Waals surface area (Å²) in [6.07, 6.45) is 0.903. The van der Waals surface area contributed by atoms with E-state index in [1.807, 2.05) is 13.8 Å². The molecule has 1 aromatic heterocycles. The molecule has 0 spiro atoms. The summed E-state index contributed by atoms with van der Waals surface area (Å²) in [6, 6.07) is 4.10. The van der Waals surface area contributed by atoms with Crippen LogP contribution in [-0.2, 0) is 12.8 Å². The molecule has 0 saturated heterocycles. The van der Waals surface area contributed by atoms with Gasteiger partial charge in [-0.05, 0) is 44.9 Å². The van der Waals surface area contributed by atoms with E-state index in [4.69, 9.17) is 13.9 Å². The van der Waals surface area contributed by atoms with Crippen molar-refractivity contribution in [3.63, 3.8) is 0 Å². The van der Waals surface area contributed by atoms with Crippen LogP contribution in [0.5, 0.6) is 28.7 Å². The maximum absolute atomic E-state index is 13.5. The van der Waals surface area contributed by atoms with E-state index in [2.05, 4.69) is 0 Å². The summed E-state index contributed by atoms with van der Waals surface area (Å²) in [6.45, 7) is 7.81. The Morgan fingerprint density at radius 1 is 0.867 bits per heavy atom. The van der Waals surface area contributed by atoms with Crippen molar-refractivity contribution in [1.29, 1.82) is 0 Å². The molecule has 0 bridgehead atoms. The second-order valence-electron chi connectivity index (χ2n) is 6.71. The first-order valence-corrected chi connectivity index (χ1v) is 10.0. The van der Waals surface area contributed by atoms with Crippen LogP contribution in [0.2, 0.25) is 0 Å². The van der Waals surface area contributed by atoms with Crippen LogP contribution in [0.3, 0.4) is 0 Å². The molecule has 0 unspecified atom stereocenters. The van der Waals surface area contributed by atoms with Gasteiger partial charge in [0.05, 0.1) is 13.2 Å². The van der Waals surface area contributed by atoms with Gasteiger partial charge >= 0.3 is 0 Å². The number of hydrogen-bond acceptors (Lipinski definition) is 7. The van der Waals surface area contributed by atoms with Gasteiger partial charge in [-0.3, -0.25) is 4.79 Å². The lowest BCUT2D eigenvalue weighted by atomic mass is 9.98. The number of phenols is 3. The first kappa shape index (κ1) is 21.4. The lowest BCUT2D eigenvalue weighted by Crippen LogP contribution is -2.13. The second-order valence-corrected chi connectivity index (χ2v) is 6.71. The van der Waals surface area contributed by atoms with E-state index in [1.165, 1.54) is 18.2 Å². The lowest BCUT2D eigenvalue weighted by molar-refractivity contribution is 0.325. The monoisotopic (exact) mass is 414 g/mol. The van der Waals surface area contributed by atoms with Crippen LogP contribution < -0.4 is 14.9 Å². The van der Waals surface area contributed by atoms with Gasteiger partial charge in [0.2, 0.25) is 11.2 Å². The van der Waals surface area contributed by atoms with Crippen molar-refractivity contribution in [3.05, 3.63) is 39.5 Å². The Hall–Kier alpha value is -3.35. The van der Waals surface area contributed by atoms with Gasteiger partial charge < -0.3 is 29.2 Å². The molecular weight excluding hydrogens is 388 g/mol. The van der Waals surface area contributed by atoms with Crippen molar-refractivity contribution in [2.24, 2.45) is 0 Å². The third kappa shape index (κ3) is 3.40. The zero-order valence-electron chi connectivity index (χ0n) is 17.5. The van der Waals surface area contributed by atoms with Crippen molar-refractivity contribution in [2.75, 3.05) is 13.2 Å². The topological polar surface area (TPSA) is 109 Å². The standard InChI is InChI=1S/C23H26O7/c1-5-13-18(26)14(6-2)22-17(21(13)28-7-3)19(27)23(29-8-4)20(30-22)12-9-10-15(24)16(25)11-12/h9-11,24-26H,5-8H2,1-4H3. The molecule has 3 aromatic rings. The molecule has 2 aromatic carbocycles. The first-order chi connectivity index (χ1) is 14.4. The van der Waals surface area contributed by atoms with Gasteiger partial charge in [-0.1, -0.05) is 13.8 Å². The fourth-order valence-electron chi connectivity index (χ4n) is 3.58. The van der Waals surface area contributed by atoms with Crippen molar-refractivity contribution in [1.82, 2.24) is 0 Å². The van der Waals surface area contributed by atoms with Crippen LogP contribution in [0.15, 0.2) is 27.4 Å². The molecule has 0 atom stereocenters. The summed E-state index contributed by atoms with van der Waals surface area (Å²) in [5, 5.41) is 30.6. The summed E-state index contributed by atoms with van der Waals surface area (Å²) in [5.74, 6) is -0.232. The molecule has 0 aliphatic carbocycles. The van der Waals surface area contributed by atoms with Crippen molar-refractivity contribution in [2.45, 2.75) is 40.5 Å². The van der Waals surface area contributed by atoms with Crippen LogP contribution in [0.4, 0.5) is 0 Å². The Balaban J connectivity index is 2.52. The molecular formula is C23H26O7. The fraction of sp³-hybridized carbons (Fsp3) is 0.348. The molecule has 0 fully saturated rings. The molecule has 0 radical (unpaired) electrons. The van der Waals surface area contributed by atoms with Gasteiger partial charge in [-0.2, -0.15) is 0 Å². The highest BCUT2D eigenvalue weighted by atomic mass is 16.5. The molecule has 1 heterocycles. The largest absolute Gasteiger partial charge is 0.507 e. The average molecular weight is 414 g/mol. The maximum Gasteiger partial charge on any atom is 0.239 e. The molecule has 3 rings (SSSR count). The maximum atomic E-state index is 13.5. The zero-order chi connectivity index (χ0) is 22.0. The second kappa shape index (κ2) is 8.57. The average Bonchev–Trinajstić information content (AvgIpc) is 2.72. The summed E-state index contributed by atoms with van der Waals surface area (Å²) >= 11 is 0. The fourth-order valence-corrected chi connectivity index (χ4v) is 3.58. The molecule has 7 nitrogen and oxygen atoms in total. The van der Waals surface area contributed by atoms with E-state index in [0.717, 1.165) is 0 Å². The minimum Gasteiger partial charge on any atom is -0.507 e. The Morgan fingerprint density at radius 2 is 1.50 bits per heavy atom. The Labute approximate surface area is 174 Å².